The smallest absolute Gasteiger partial charge is 0.120 e. The van der Waals surface area contributed by atoms with Crippen molar-refractivity contribution in [2.24, 2.45) is 5.73 Å². The molecule has 0 saturated heterocycles. The molecule has 80 valence electrons. The molecule has 1 rings (SSSR count). The molecule has 1 unspecified atom stereocenters. The summed E-state index contributed by atoms with van der Waals surface area (Å²) in [5, 5.41) is 1.01. The van der Waals surface area contributed by atoms with Gasteiger partial charge in [-0.1, -0.05) is 23.2 Å². The van der Waals surface area contributed by atoms with Crippen molar-refractivity contribution in [1.29, 1.82) is 0 Å². The van der Waals surface area contributed by atoms with E-state index in [0.717, 1.165) is 0 Å². The van der Waals surface area contributed by atoms with E-state index in [1.807, 2.05) is 6.92 Å². The van der Waals surface area contributed by atoms with Crippen LogP contribution in [0.5, 0.6) is 5.75 Å². The molecule has 0 spiro atoms. The third kappa shape index (κ3) is 4.38. The highest BCUT2D eigenvalue weighted by molar-refractivity contribution is 6.42. The summed E-state index contributed by atoms with van der Waals surface area (Å²) < 4.78 is 5.34. The standard InChI is InChI=1S/C9H11Cl2NO.ClH/c1-6(12)5-13-7-2-3-8(10)9(11)4-7;/h2-4,6H,5,12H2,1H3;1H. The Balaban J connectivity index is 0.00000169. The molecule has 0 radical (unpaired) electrons. The Morgan fingerprint density at radius 2 is 2.00 bits per heavy atom. The number of hydrogen-bond acceptors (Lipinski definition) is 2. The van der Waals surface area contributed by atoms with Crippen LogP contribution in [-0.4, -0.2) is 12.6 Å². The van der Waals surface area contributed by atoms with Gasteiger partial charge in [0.05, 0.1) is 10.0 Å². The van der Waals surface area contributed by atoms with Crippen LogP contribution in [0.1, 0.15) is 6.92 Å². The van der Waals surface area contributed by atoms with Crippen LogP contribution in [-0.2, 0) is 0 Å². The Labute approximate surface area is 99.7 Å². The minimum atomic E-state index is 0. The summed E-state index contributed by atoms with van der Waals surface area (Å²) in [6.07, 6.45) is 0. The lowest BCUT2D eigenvalue weighted by Crippen LogP contribution is -2.23. The van der Waals surface area contributed by atoms with Crippen LogP contribution in [0.2, 0.25) is 10.0 Å². The first-order chi connectivity index (χ1) is 6.09. The minimum absolute atomic E-state index is 0. The molecule has 1 aromatic rings. The van der Waals surface area contributed by atoms with Crippen molar-refractivity contribution in [2.75, 3.05) is 6.61 Å². The van der Waals surface area contributed by atoms with Crippen LogP contribution in [0.4, 0.5) is 0 Å². The second-order valence-electron chi connectivity index (χ2n) is 2.86. The zero-order valence-electron chi connectivity index (χ0n) is 7.67. The quantitative estimate of drug-likeness (QED) is 0.902. The fourth-order valence-corrected chi connectivity index (χ4v) is 1.08. The molecular weight excluding hydrogens is 244 g/mol. The third-order valence-electron chi connectivity index (χ3n) is 1.40. The molecule has 0 bridgehead atoms. The fourth-order valence-electron chi connectivity index (χ4n) is 0.794. The highest BCUT2D eigenvalue weighted by Gasteiger charge is 2.01. The Hall–Kier alpha value is -0.150. The van der Waals surface area contributed by atoms with Gasteiger partial charge < -0.3 is 10.5 Å². The number of hydrogen-bond donors (Lipinski definition) is 1. The number of halogens is 3. The van der Waals surface area contributed by atoms with E-state index in [-0.39, 0.29) is 18.4 Å². The average Bonchev–Trinajstić information content (AvgIpc) is 2.07. The van der Waals surface area contributed by atoms with E-state index < -0.39 is 0 Å². The molecule has 0 aliphatic heterocycles. The monoisotopic (exact) mass is 255 g/mol. The van der Waals surface area contributed by atoms with Crippen molar-refractivity contribution in [3.05, 3.63) is 28.2 Å². The molecule has 2 N–H and O–H groups in total. The van der Waals surface area contributed by atoms with Gasteiger partial charge in [0, 0.05) is 12.1 Å². The highest BCUT2D eigenvalue weighted by atomic mass is 35.5. The molecule has 1 atom stereocenters. The molecule has 2 nitrogen and oxygen atoms in total. The van der Waals surface area contributed by atoms with Gasteiger partial charge in [-0.3, -0.25) is 0 Å². The predicted molar refractivity (Wildman–Crippen MR) is 62.9 cm³/mol. The molecule has 0 aliphatic rings. The topological polar surface area (TPSA) is 35.2 Å². The van der Waals surface area contributed by atoms with E-state index >= 15 is 0 Å². The maximum atomic E-state index is 5.79. The molecule has 0 saturated carbocycles. The maximum Gasteiger partial charge on any atom is 0.120 e. The Morgan fingerprint density at radius 3 is 2.50 bits per heavy atom. The van der Waals surface area contributed by atoms with Gasteiger partial charge >= 0.3 is 0 Å². The summed E-state index contributed by atoms with van der Waals surface area (Å²) >= 11 is 11.5. The first-order valence-electron chi connectivity index (χ1n) is 3.93. The molecule has 0 amide bonds. The normalized spacial score (nSPS) is 11.7. The van der Waals surface area contributed by atoms with Crippen LogP contribution in [0, 0.1) is 0 Å². The minimum Gasteiger partial charge on any atom is -0.492 e. The second-order valence-corrected chi connectivity index (χ2v) is 3.68. The molecule has 14 heavy (non-hydrogen) atoms. The number of rotatable bonds is 3. The summed E-state index contributed by atoms with van der Waals surface area (Å²) in [6, 6.07) is 5.14. The summed E-state index contributed by atoms with van der Waals surface area (Å²) in [5.41, 5.74) is 5.52. The predicted octanol–water partition coefficient (Wildman–Crippen LogP) is 3.14. The van der Waals surface area contributed by atoms with Crippen molar-refractivity contribution in [2.45, 2.75) is 13.0 Å². The molecule has 0 fully saturated rings. The second kappa shape index (κ2) is 6.36. The maximum absolute atomic E-state index is 5.79. The van der Waals surface area contributed by atoms with Crippen LogP contribution in [0.15, 0.2) is 18.2 Å². The Kier molecular flexibility index (Phi) is 6.29. The van der Waals surface area contributed by atoms with Gasteiger partial charge in [-0.05, 0) is 19.1 Å². The largest absolute Gasteiger partial charge is 0.492 e. The summed E-state index contributed by atoms with van der Waals surface area (Å²) in [4.78, 5) is 0. The zero-order valence-corrected chi connectivity index (χ0v) is 9.99. The van der Waals surface area contributed by atoms with E-state index in [1.165, 1.54) is 0 Å². The fraction of sp³-hybridized carbons (Fsp3) is 0.333. The van der Waals surface area contributed by atoms with E-state index in [2.05, 4.69) is 0 Å². The van der Waals surface area contributed by atoms with Gasteiger partial charge in [0.15, 0.2) is 0 Å². The zero-order chi connectivity index (χ0) is 9.84. The van der Waals surface area contributed by atoms with Gasteiger partial charge in [-0.15, -0.1) is 12.4 Å². The van der Waals surface area contributed by atoms with Crippen LogP contribution < -0.4 is 10.5 Å². The van der Waals surface area contributed by atoms with Crippen LogP contribution >= 0.6 is 35.6 Å². The lowest BCUT2D eigenvalue weighted by atomic mass is 10.3. The van der Waals surface area contributed by atoms with Crippen molar-refractivity contribution in [1.82, 2.24) is 0 Å². The molecule has 1 aromatic carbocycles. The molecule has 0 aliphatic carbocycles. The van der Waals surface area contributed by atoms with Crippen molar-refractivity contribution >= 4 is 35.6 Å². The van der Waals surface area contributed by atoms with E-state index in [0.29, 0.717) is 22.4 Å². The van der Waals surface area contributed by atoms with Gasteiger partial charge in [0.2, 0.25) is 0 Å². The van der Waals surface area contributed by atoms with Gasteiger partial charge in [-0.25, -0.2) is 0 Å². The van der Waals surface area contributed by atoms with E-state index in [4.69, 9.17) is 33.7 Å². The summed E-state index contributed by atoms with van der Waals surface area (Å²) in [5.74, 6) is 0.687. The lowest BCUT2D eigenvalue weighted by Gasteiger charge is -2.08. The van der Waals surface area contributed by atoms with Crippen molar-refractivity contribution in [3.63, 3.8) is 0 Å². The lowest BCUT2D eigenvalue weighted by molar-refractivity contribution is 0.296. The van der Waals surface area contributed by atoms with Gasteiger partial charge in [0.25, 0.3) is 0 Å². The molecule has 0 heterocycles. The van der Waals surface area contributed by atoms with Gasteiger partial charge in [0.1, 0.15) is 12.4 Å². The number of nitrogens with two attached hydrogens (primary N) is 1. The Morgan fingerprint density at radius 1 is 1.36 bits per heavy atom. The number of ether oxygens (including phenoxy) is 1. The number of benzene rings is 1. The molecule has 0 aromatic heterocycles. The van der Waals surface area contributed by atoms with Crippen LogP contribution in [0.3, 0.4) is 0 Å². The van der Waals surface area contributed by atoms with Crippen LogP contribution in [0.25, 0.3) is 0 Å². The Bertz CT molecular complexity index is 291. The van der Waals surface area contributed by atoms with Crippen molar-refractivity contribution in [3.8, 4) is 5.75 Å². The molecular formula is C9H12Cl3NO. The third-order valence-corrected chi connectivity index (χ3v) is 2.14. The van der Waals surface area contributed by atoms with E-state index in [1.54, 1.807) is 18.2 Å². The summed E-state index contributed by atoms with van der Waals surface area (Å²) in [7, 11) is 0. The average molecular weight is 257 g/mol. The van der Waals surface area contributed by atoms with Gasteiger partial charge in [-0.2, -0.15) is 0 Å². The van der Waals surface area contributed by atoms with Crippen molar-refractivity contribution < 1.29 is 4.74 Å². The summed E-state index contributed by atoms with van der Waals surface area (Å²) in [6.45, 7) is 2.34. The first kappa shape index (κ1) is 13.8. The first-order valence-corrected chi connectivity index (χ1v) is 4.68. The SMILES string of the molecule is CC(N)COc1ccc(Cl)c(Cl)c1.Cl. The van der Waals surface area contributed by atoms with E-state index in [9.17, 15) is 0 Å². The molecule has 5 heteroatoms. The highest BCUT2D eigenvalue weighted by Crippen LogP contribution is 2.26.